The van der Waals surface area contributed by atoms with Gasteiger partial charge < -0.3 is 9.32 Å². The highest BCUT2D eigenvalue weighted by Gasteiger charge is 2.25. The van der Waals surface area contributed by atoms with Crippen molar-refractivity contribution in [2.75, 3.05) is 13.1 Å². The molecule has 1 saturated heterocycles. The fraction of sp³-hybridized carbons (Fsp3) is 0.632. The van der Waals surface area contributed by atoms with Gasteiger partial charge in [0.1, 0.15) is 0 Å². The summed E-state index contributed by atoms with van der Waals surface area (Å²) < 4.78 is 5.78. The zero-order chi connectivity index (χ0) is 17.1. The van der Waals surface area contributed by atoms with E-state index < -0.39 is 0 Å². The SMILES string of the molecule is O=C(CCc1nnc(C2CCCC2)o1)N1CCC(c2ccsc2)CC1. The Labute approximate surface area is 152 Å². The summed E-state index contributed by atoms with van der Waals surface area (Å²) in [4.78, 5) is 14.5. The molecule has 2 fully saturated rings. The first-order valence-corrected chi connectivity index (χ1v) is 10.4. The van der Waals surface area contributed by atoms with Crippen molar-refractivity contribution in [3.63, 3.8) is 0 Å². The number of nitrogens with zero attached hydrogens (tertiary/aromatic N) is 3. The standard InChI is InChI=1S/C19H25N3O2S/c23-18(22-10-7-14(8-11-22)16-9-12-25-13-16)6-5-17-20-21-19(24-17)15-3-1-2-4-15/h9,12-15H,1-8,10-11H2. The van der Waals surface area contributed by atoms with E-state index in [9.17, 15) is 4.79 Å². The molecule has 0 aromatic carbocycles. The Morgan fingerprint density at radius 2 is 1.96 bits per heavy atom. The molecule has 0 spiro atoms. The van der Waals surface area contributed by atoms with Gasteiger partial charge in [0.25, 0.3) is 0 Å². The molecule has 1 saturated carbocycles. The third-order valence-corrected chi connectivity index (χ3v) is 6.30. The van der Waals surface area contributed by atoms with E-state index in [4.69, 9.17) is 4.42 Å². The summed E-state index contributed by atoms with van der Waals surface area (Å²) in [5.41, 5.74) is 1.43. The topological polar surface area (TPSA) is 59.2 Å². The summed E-state index contributed by atoms with van der Waals surface area (Å²) in [7, 11) is 0. The minimum atomic E-state index is 0.212. The smallest absolute Gasteiger partial charge is 0.223 e. The largest absolute Gasteiger partial charge is 0.425 e. The van der Waals surface area contributed by atoms with Gasteiger partial charge in [0.2, 0.25) is 17.7 Å². The second-order valence-electron chi connectivity index (χ2n) is 7.23. The number of carbonyl (C=O) groups is 1. The molecule has 2 aromatic rings. The number of carbonyl (C=O) groups excluding carboxylic acids is 1. The van der Waals surface area contributed by atoms with E-state index in [0.29, 0.717) is 30.6 Å². The maximum atomic E-state index is 12.5. The van der Waals surface area contributed by atoms with E-state index in [1.807, 2.05) is 4.90 Å². The zero-order valence-corrected chi connectivity index (χ0v) is 15.3. The highest BCUT2D eigenvalue weighted by Crippen LogP contribution is 2.33. The molecule has 4 rings (SSSR count). The quantitative estimate of drug-likeness (QED) is 0.805. The van der Waals surface area contributed by atoms with Gasteiger partial charge in [0.15, 0.2) is 0 Å². The molecular formula is C19H25N3O2S. The summed E-state index contributed by atoms with van der Waals surface area (Å²) in [6.07, 6.45) is 7.96. The molecular weight excluding hydrogens is 334 g/mol. The van der Waals surface area contributed by atoms with Crippen molar-refractivity contribution < 1.29 is 9.21 Å². The van der Waals surface area contributed by atoms with Crippen molar-refractivity contribution >= 4 is 17.2 Å². The van der Waals surface area contributed by atoms with Gasteiger partial charge in [-0.3, -0.25) is 4.79 Å². The second-order valence-corrected chi connectivity index (χ2v) is 8.01. The van der Waals surface area contributed by atoms with Crippen LogP contribution in [0.3, 0.4) is 0 Å². The zero-order valence-electron chi connectivity index (χ0n) is 14.5. The number of thiophene rings is 1. The fourth-order valence-corrected chi connectivity index (χ4v) is 4.79. The molecule has 25 heavy (non-hydrogen) atoms. The second kappa shape index (κ2) is 7.68. The molecule has 3 heterocycles. The van der Waals surface area contributed by atoms with Crippen LogP contribution in [0.4, 0.5) is 0 Å². The van der Waals surface area contributed by atoms with E-state index in [1.54, 1.807) is 11.3 Å². The third kappa shape index (κ3) is 3.94. The molecule has 0 unspecified atom stereocenters. The van der Waals surface area contributed by atoms with Crippen LogP contribution >= 0.6 is 11.3 Å². The lowest BCUT2D eigenvalue weighted by Crippen LogP contribution is -2.37. The highest BCUT2D eigenvalue weighted by molar-refractivity contribution is 7.07. The maximum Gasteiger partial charge on any atom is 0.223 e. The molecule has 1 amide bonds. The fourth-order valence-electron chi connectivity index (χ4n) is 4.05. The number of amides is 1. The van der Waals surface area contributed by atoms with Gasteiger partial charge in [0.05, 0.1) is 0 Å². The number of aromatic nitrogens is 2. The van der Waals surface area contributed by atoms with Crippen molar-refractivity contribution in [3.05, 3.63) is 34.2 Å². The first-order valence-electron chi connectivity index (χ1n) is 9.42. The molecule has 0 atom stereocenters. The number of aryl methyl sites for hydroxylation is 1. The van der Waals surface area contributed by atoms with Crippen LogP contribution < -0.4 is 0 Å². The van der Waals surface area contributed by atoms with Gasteiger partial charge in [-0.2, -0.15) is 11.3 Å². The van der Waals surface area contributed by atoms with Crippen molar-refractivity contribution in [3.8, 4) is 0 Å². The summed E-state index contributed by atoms with van der Waals surface area (Å²) >= 11 is 1.75. The molecule has 2 aromatic heterocycles. The number of hydrogen-bond acceptors (Lipinski definition) is 5. The van der Waals surface area contributed by atoms with Gasteiger partial charge >= 0.3 is 0 Å². The molecule has 6 heteroatoms. The van der Waals surface area contributed by atoms with Crippen LogP contribution in [0.15, 0.2) is 21.2 Å². The molecule has 0 radical (unpaired) electrons. The first kappa shape index (κ1) is 16.8. The molecule has 1 aliphatic carbocycles. The van der Waals surface area contributed by atoms with Gasteiger partial charge in [-0.15, -0.1) is 10.2 Å². The van der Waals surface area contributed by atoms with Crippen molar-refractivity contribution in [2.45, 2.75) is 63.2 Å². The first-order chi connectivity index (χ1) is 12.3. The molecule has 134 valence electrons. The van der Waals surface area contributed by atoms with E-state index >= 15 is 0 Å². The van der Waals surface area contributed by atoms with Gasteiger partial charge in [-0.25, -0.2) is 0 Å². The molecule has 5 nitrogen and oxygen atoms in total. The number of likely N-dealkylation sites (tertiary alicyclic amines) is 1. The van der Waals surface area contributed by atoms with Crippen LogP contribution in [-0.4, -0.2) is 34.1 Å². The molecule has 1 aliphatic heterocycles. The third-order valence-electron chi connectivity index (χ3n) is 5.60. The van der Waals surface area contributed by atoms with E-state index in [1.165, 1.54) is 18.4 Å². The predicted octanol–water partition coefficient (Wildman–Crippen LogP) is 4.13. The minimum Gasteiger partial charge on any atom is -0.425 e. The Kier molecular flexibility index (Phi) is 5.15. The van der Waals surface area contributed by atoms with Gasteiger partial charge in [0, 0.05) is 31.8 Å². The summed E-state index contributed by atoms with van der Waals surface area (Å²) in [5, 5.41) is 12.7. The molecule has 0 bridgehead atoms. The van der Waals surface area contributed by atoms with E-state index in [0.717, 1.165) is 44.7 Å². The maximum absolute atomic E-state index is 12.5. The Morgan fingerprint density at radius 1 is 1.16 bits per heavy atom. The summed E-state index contributed by atoms with van der Waals surface area (Å²) in [6.45, 7) is 1.72. The Bertz CT molecular complexity index is 683. The van der Waals surface area contributed by atoms with Crippen LogP contribution in [0.1, 0.15) is 74.1 Å². The normalized spacial score (nSPS) is 19.6. The lowest BCUT2D eigenvalue weighted by molar-refractivity contribution is -0.132. The van der Waals surface area contributed by atoms with Crippen molar-refractivity contribution in [1.82, 2.24) is 15.1 Å². The molecule has 0 N–H and O–H groups in total. The van der Waals surface area contributed by atoms with Crippen LogP contribution in [0.5, 0.6) is 0 Å². The monoisotopic (exact) mass is 359 g/mol. The Morgan fingerprint density at radius 3 is 2.68 bits per heavy atom. The van der Waals surface area contributed by atoms with Crippen LogP contribution in [-0.2, 0) is 11.2 Å². The van der Waals surface area contributed by atoms with Gasteiger partial charge in [-0.1, -0.05) is 12.8 Å². The average Bonchev–Trinajstić information content (AvgIpc) is 3.42. The Hall–Kier alpha value is -1.69. The number of hydrogen-bond donors (Lipinski definition) is 0. The Balaban J connectivity index is 1.24. The minimum absolute atomic E-state index is 0.212. The van der Waals surface area contributed by atoms with E-state index in [-0.39, 0.29) is 5.91 Å². The molecule has 2 aliphatic rings. The summed E-state index contributed by atoms with van der Waals surface area (Å²) in [6, 6.07) is 2.21. The predicted molar refractivity (Wildman–Crippen MR) is 96.7 cm³/mol. The summed E-state index contributed by atoms with van der Waals surface area (Å²) in [5.74, 6) is 2.65. The lowest BCUT2D eigenvalue weighted by Gasteiger charge is -2.31. The van der Waals surface area contributed by atoms with Crippen LogP contribution in [0.2, 0.25) is 0 Å². The number of rotatable bonds is 5. The van der Waals surface area contributed by atoms with Gasteiger partial charge in [-0.05, 0) is 54.0 Å². The van der Waals surface area contributed by atoms with E-state index in [2.05, 4.69) is 27.0 Å². The number of piperidine rings is 1. The highest BCUT2D eigenvalue weighted by atomic mass is 32.1. The average molecular weight is 359 g/mol. The van der Waals surface area contributed by atoms with Crippen LogP contribution in [0, 0.1) is 0 Å². The van der Waals surface area contributed by atoms with Crippen molar-refractivity contribution in [1.29, 1.82) is 0 Å². The lowest BCUT2D eigenvalue weighted by atomic mass is 9.91. The van der Waals surface area contributed by atoms with Crippen molar-refractivity contribution in [2.24, 2.45) is 0 Å². The van der Waals surface area contributed by atoms with Crippen LogP contribution in [0.25, 0.3) is 0 Å².